The molecule has 0 spiro atoms. The zero-order chi connectivity index (χ0) is 22.4. The van der Waals surface area contributed by atoms with Crippen molar-refractivity contribution in [3.63, 3.8) is 0 Å². The molecule has 1 unspecified atom stereocenters. The summed E-state index contributed by atoms with van der Waals surface area (Å²) in [6, 6.07) is 20.9. The number of nitriles is 1. The normalized spacial score (nSPS) is 12.8. The fraction of sp³-hybridized carbons (Fsp3) is 0.269. The molecule has 0 aliphatic heterocycles. The first-order chi connectivity index (χ1) is 14.9. The second kappa shape index (κ2) is 9.74. The molecule has 0 bridgehead atoms. The number of halogens is 1. The van der Waals surface area contributed by atoms with Crippen LogP contribution in [0.15, 0.2) is 66.7 Å². The molecule has 0 saturated heterocycles. The van der Waals surface area contributed by atoms with E-state index in [1.807, 2.05) is 19.2 Å². The lowest BCUT2D eigenvalue weighted by Crippen LogP contribution is -2.31. The van der Waals surface area contributed by atoms with E-state index < -0.39 is 5.60 Å². The van der Waals surface area contributed by atoms with Gasteiger partial charge in [-0.3, -0.25) is 0 Å². The van der Waals surface area contributed by atoms with Crippen LogP contribution in [0.1, 0.15) is 40.7 Å². The van der Waals surface area contributed by atoms with Crippen LogP contribution >= 0.6 is 0 Å². The van der Waals surface area contributed by atoms with E-state index in [1.54, 1.807) is 30.3 Å². The van der Waals surface area contributed by atoms with Crippen LogP contribution in [0.25, 0.3) is 0 Å². The first kappa shape index (κ1) is 22.5. The summed E-state index contributed by atoms with van der Waals surface area (Å²) < 4.78 is 13.5. The molecule has 31 heavy (non-hydrogen) atoms. The minimum Gasteiger partial charge on any atom is -0.392 e. The largest absolute Gasteiger partial charge is 0.392 e. The van der Waals surface area contributed by atoms with E-state index in [9.17, 15) is 19.9 Å². The van der Waals surface area contributed by atoms with E-state index in [1.165, 1.54) is 17.7 Å². The molecule has 5 heteroatoms. The molecule has 0 aliphatic carbocycles. The lowest BCUT2D eigenvalue weighted by Gasteiger charge is -2.32. The zero-order valence-electron chi connectivity index (χ0n) is 17.8. The van der Waals surface area contributed by atoms with Gasteiger partial charge in [0.2, 0.25) is 0 Å². The molecular weight excluding hydrogens is 391 g/mol. The third-order valence-corrected chi connectivity index (χ3v) is 5.73. The van der Waals surface area contributed by atoms with E-state index in [0.29, 0.717) is 41.6 Å². The maximum absolute atomic E-state index is 13.5. The van der Waals surface area contributed by atoms with Gasteiger partial charge in [-0.15, -0.1) is 0 Å². The Morgan fingerprint density at radius 1 is 1.06 bits per heavy atom. The predicted octanol–water partition coefficient (Wildman–Crippen LogP) is 4.65. The molecule has 0 saturated carbocycles. The third-order valence-electron chi connectivity index (χ3n) is 5.73. The molecule has 0 radical (unpaired) electrons. The number of hydrogen-bond acceptors (Lipinski definition) is 4. The first-order valence-corrected chi connectivity index (χ1v) is 10.3. The summed E-state index contributed by atoms with van der Waals surface area (Å²) >= 11 is 0. The van der Waals surface area contributed by atoms with Crippen molar-refractivity contribution < 1.29 is 14.6 Å². The summed E-state index contributed by atoms with van der Waals surface area (Å²) in [7, 11) is 2.01. The van der Waals surface area contributed by atoms with Crippen molar-refractivity contribution in [2.24, 2.45) is 0 Å². The van der Waals surface area contributed by atoms with Crippen molar-refractivity contribution in [2.75, 3.05) is 18.5 Å². The van der Waals surface area contributed by atoms with Crippen molar-refractivity contribution in [2.45, 2.75) is 32.0 Å². The topological polar surface area (TPSA) is 67.5 Å². The van der Waals surface area contributed by atoms with Gasteiger partial charge >= 0.3 is 0 Å². The Kier molecular flexibility index (Phi) is 7.06. The summed E-state index contributed by atoms with van der Waals surface area (Å²) in [5.41, 5.74) is 2.85. The Hall–Kier alpha value is -3.20. The SMILES string of the molecule is Cc1ccccc1N(C)CCCC(O)(c1ccc(F)cc1)c1ccc(C#N)cc1CO. The highest BCUT2D eigenvalue weighted by molar-refractivity contribution is 5.52. The summed E-state index contributed by atoms with van der Waals surface area (Å²) in [5.74, 6) is -0.382. The Balaban J connectivity index is 1.91. The van der Waals surface area contributed by atoms with Crippen LogP contribution in [0, 0.1) is 24.1 Å². The molecule has 160 valence electrons. The maximum Gasteiger partial charge on any atom is 0.123 e. The Bertz CT molecular complexity index is 1080. The highest BCUT2D eigenvalue weighted by atomic mass is 19.1. The molecule has 3 aromatic carbocycles. The van der Waals surface area contributed by atoms with Crippen LogP contribution in [0.3, 0.4) is 0 Å². The zero-order valence-corrected chi connectivity index (χ0v) is 17.8. The van der Waals surface area contributed by atoms with Crippen LogP contribution in [-0.2, 0) is 12.2 Å². The number of rotatable bonds is 8. The van der Waals surface area contributed by atoms with Crippen molar-refractivity contribution in [1.29, 1.82) is 5.26 Å². The van der Waals surface area contributed by atoms with Crippen molar-refractivity contribution in [3.05, 3.63) is 100 Å². The Morgan fingerprint density at radius 3 is 2.42 bits per heavy atom. The van der Waals surface area contributed by atoms with Crippen LogP contribution < -0.4 is 4.90 Å². The number of aryl methyl sites for hydroxylation is 1. The molecule has 0 aromatic heterocycles. The lowest BCUT2D eigenvalue weighted by molar-refractivity contribution is 0.0668. The molecule has 3 rings (SSSR count). The number of anilines is 1. The number of aliphatic hydroxyl groups excluding tert-OH is 1. The second-order valence-electron chi connectivity index (χ2n) is 7.82. The van der Waals surface area contributed by atoms with Crippen LogP contribution in [0.5, 0.6) is 0 Å². The van der Waals surface area contributed by atoms with Crippen molar-refractivity contribution in [1.82, 2.24) is 0 Å². The van der Waals surface area contributed by atoms with Gasteiger partial charge in [-0.2, -0.15) is 5.26 Å². The summed E-state index contributed by atoms with van der Waals surface area (Å²) in [4.78, 5) is 2.14. The van der Waals surface area contributed by atoms with Crippen molar-refractivity contribution in [3.8, 4) is 6.07 Å². The molecule has 2 N–H and O–H groups in total. The summed E-state index contributed by atoms with van der Waals surface area (Å²) in [6.45, 7) is 2.46. The standard InChI is InChI=1S/C26H27FN2O2/c1-19-6-3-4-7-25(19)29(2)15-5-14-26(31,22-9-11-23(27)12-10-22)24-13-8-20(17-28)16-21(24)18-30/h3-4,6-13,16,30-31H,5,14-15,18H2,1-2H3. The molecule has 0 aliphatic rings. The van der Waals surface area contributed by atoms with Crippen LogP contribution in [0.2, 0.25) is 0 Å². The smallest absolute Gasteiger partial charge is 0.123 e. The molecule has 0 amide bonds. The Labute approximate surface area is 182 Å². The lowest BCUT2D eigenvalue weighted by atomic mass is 9.80. The van der Waals surface area contributed by atoms with Gasteiger partial charge in [0.25, 0.3) is 0 Å². The summed E-state index contributed by atoms with van der Waals surface area (Å²) in [6.07, 6.45) is 1.03. The third kappa shape index (κ3) is 4.93. The highest BCUT2D eigenvalue weighted by Gasteiger charge is 2.33. The Morgan fingerprint density at radius 2 is 1.77 bits per heavy atom. The van der Waals surface area contributed by atoms with E-state index >= 15 is 0 Å². The molecule has 0 heterocycles. The highest BCUT2D eigenvalue weighted by Crippen LogP contribution is 2.37. The van der Waals surface area contributed by atoms with Crippen LogP contribution in [-0.4, -0.2) is 23.8 Å². The molecular formula is C26H27FN2O2. The van der Waals surface area contributed by atoms with E-state index in [4.69, 9.17) is 0 Å². The predicted molar refractivity (Wildman–Crippen MR) is 120 cm³/mol. The van der Waals surface area contributed by atoms with Gasteiger partial charge in [0, 0.05) is 19.3 Å². The fourth-order valence-electron chi connectivity index (χ4n) is 4.04. The number of aliphatic hydroxyl groups is 2. The molecule has 4 nitrogen and oxygen atoms in total. The average molecular weight is 419 g/mol. The monoisotopic (exact) mass is 418 g/mol. The van der Waals surface area contributed by atoms with Crippen molar-refractivity contribution >= 4 is 5.69 Å². The van der Waals surface area contributed by atoms with Gasteiger partial charge < -0.3 is 15.1 Å². The van der Waals surface area contributed by atoms with Crippen LogP contribution in [0.4, 0.5) is 10.1 Å². The van der Waals surface area contributed by atoms with E-state index in [0.717, 1.165) is 5.69 Å². The average Bonchev–Trinajstić information content (AvgIpc) is 2.79. The number of benzene rings is 3. The van der Waals surface area contributed by atoms with E-state index in [-0.39, 0.29) is 12.4 Å². The number of hydrogen-bond donors (Lipinski definition) is 2. The van der Waals surface area contributed by atoms with Gasteiger partial charge in [-0.1, -0.05) is 36.4 Å². The molecule has 3 aromatic rings. The minimum absolute atomic E-state index is 0.308. The van der Waals surface area contributed by atoms with E-state index in [2.05, 4.69) is 30.0 Å². The molecule has 1 atom stereocenters. The van der Waals surface area contributed by atoms with Gasteiger partial charge in [0.15, 0.2) is 0 Å². The number of para-hydroxylation sites is 1. The van der Waals surface area contributed by atoms with Gasteiger partial charge in [0.05, 0.1) is 18.2 Å². The first-order valence-electron chi connectivity index (χ1n) is 10.3. The van der Waals surface area contributed by atoms with Gasteiger partial charge in [0.1, 0.15) is 11.4 Å². The quantitative estimate of drug-likeness (QED) is 0.559. The number of nitrogens with zero attached hydrogens (tertiary/aromatic N) is 2. The van der Waals surface area contributed by atoms with Gasteiger partial charge in [-0.25, -0.2) is 4.39 Å². The fourth-order valence-corrected chi connectivity index (χ4v) is 4.04. The second-order valence-corrected chi connectivity index (χ2v) is 7.82. The molecule has 0 fully saturated rings. The maximum atomic E-state index is 13.5. The summed E-state index contributed by atoms with van der Waals surface area (Å²) in [5, 5.41) is 30.9. The van der Waals surface area contributed by atoms with Gasteiger partial charge in [-0.05, 0) is 72.4 Å². The minimum atomic E-state index is -1.42.